The molecule has 4 heteroatoms. The van der Waals surface area contributed by atoms with Gasteiger partial charge in [-0.15, -0.1) is 0 Å². The van der Waals surface area contributed by atoms with Gasteiger partial charge in [0.25, 0.3) is 0 Å². The van der Waals surface area contributed by atoms with Crippen molar-refractivity contribution in [1.29, 1.82) is 0 Å². The maximum atomic E-state index is 5.54. The lowest BCUT2D eigenvalue weighted by Crippen LogP contribution is -1.87. The highest BCUT2D eigenvalue weighted by Crippen LogP contribution is 2.20. The summed E-state index contributed by atoms with van der Waals surface area (Å²) in [4.78, 5) is 7.68. The van der Waals surface area contributed by atoms with Gasteiger partial charge in [-0.3, -0.25) is 0 Å². The summed E-state index contributed by atoms with van der Waals surface area (Å²) in [6, 6.07) is 7.14. The van der Waals surface area contributed by atoms with Gasteiger partial charge in [0, 0.05) is 5.69 Å². The summed E-state index contributed by atoms with van der Waals surface area (Å²) in [6.07, 6.45) is 4.66. The molecule has 70 valence electrons. The molecule has 1 aromatic carbocycles. The van der Waals surface area contributed by atoms with Crippen LogP contribution in [0.1, 0.15) is 0 Å². The zero-order chi connectivity index (χ0) is 9.80. The Labute approximate surface area is 81.4 Å². The van der Waals surface area contributed by atoms with E-state index in [1.807, 2.05) is 0 Å². The first-order chi connectivity index (χ1) is 6.84. The highest BCUT2D eigenvalue weighted by Gasteiger charge is 1.95. The number of nitrogens with zero attached hydrogens (tertiary/aromatic N) is 2. The summed E-state index contributed by atoms with van der Waals surface area (Å²) in [5.41, 5.74) is 6.25. The summed E-state index contributed by atoms with van der Waals surface area (Å²) < 4.78 is 5.45. The monoisotopic (exact) mass is 187 g/mol. The van der Waals surface area contributed by atoms with Gasteiger partial charge in [0.05, 0.1) is 12.4 Å². The van der Waals surface area contributed by atoms with Gasteiger partial charge in [-0.2, -0.15) is 0 Å². The lowest BCUT2D eigenvalue weighted by molar-refractivity contribution is 0.477. The average molecular weight is 187 g/mol. The van der Waals surface area contributed by atoms with Gasteiger partial charge in [0.2, 0.25) is 0 Å². The second kappa shape index (κ2) is 3.74. The standard InChI is InChI=1S/C10H9N3O/c11-8-1-3-9(4-2-8)14-10-5-12-7-13-6-10/h1-7H,11H2. The van der Waals surface area contributed by atoms with Crippen molar-refractivity contribution in [3.8, 4) is 11.5 Å². The minimum absolute atomic E-state index is 0.609. The molecule has 0 aliphatic rings. The molecular formula is C10H9N3O. The van der Waals surface area contributed by atoms with Crippen molar-refractivity contribution < 1.29 is 4.74 Å². The van der Waals surface area contributed by atoms with Crippen LogP contribution in [0.15, 0.2) is 43.0 Å². The van der Waals surface area contributed by atoms with Crippen molar-refractivity contribution in [1.82, 2.24) is 9.97 Å². The third kappa shape index (κ3) is 1.98. The number of rotatable bonds is 2. The van der Waals surface area contributed by atoms with Crippen LogP contribution in [-0.2, 0) is 0 Å². The number of anilines is 1. The molecule has 2 N–H and O–H groups in total. The molecule has 0 bridgehead atoms. The molecule has 0 amide bonds. The molecule has 1 aromatic heterocycles. The van der Waals surface area contributed by atoms with E-state index < -0.39 is 0 Å². The fourth-order valence-corrected chi connectivity index (χ4v) is 1.01. The van der Waals surface area contributed by atoms with Crippen LogP contribution in [0.4, 0.5) is 5.69 Å². The molecule has 14 heavy (non-hydrogen) atoms. The molecule has 1 heterocycles. The largest absolute Gasteiger partial charge is 0.454 e. The lowest BCUT2D eigenvalue weighted by Gasteiger charge is -2.03. The Balaban J connectivity index is 2.16. The van der Waals surface area contributed by atoms with Crippen LogP contribution in [0.3, 0.4) is 0 Å². The topological polar surface area (TPSA) is 61.0 Å². The Kier molecular flexibility index (Phi) is 2.27. The van der Waals surface area contributed by atoms with Gasteiger partial charge >= 0.3 is 0 Å². The third-order valence-electron chi connectivity index (χ3n) is 1.65. The van der Waals surface area contributed by atoms with Crippen molar-refractivity contribution in [2.75, 3.05) is 5.73 Å². The van der Waals surface area contributed by atoms with Crippen LogP contribution in [0.5, 0.6) is 11.5 Å². The molecule has 0 aliphatic heterocycles. The van der Waals surface area contributed by atoms with Crippen molar-refractivity contribution >= 4 is 5.69 Å². The zero-order valence-electron chi connectivity index (χ0n) is 7.42. The first-order valence-electron chi connectivity index (χ1n) is 4.13. The highest BCUT2D eigenvalue weighted by atomic mass is 16.5. The minimum Gasteiger partial charge on any atom is -0.454 e. The van der Waals surface area contributed by atoms with E-state index in [9.17, 15) is 0 Å². The van der Waals surface area contributed by atoms with Crippen LogP contribution in [0.2, 0.25) is 0 Å². The molecule has 2 rings (SSSR count). The first kappa shape index (κ1) is 8.50. The molecule has 0 saturated heterocycles. The second-order valence-corrected chi connectivity index (χ2v) is 2.75. The summed E-state index contributed by atoms with van der Waals surface area (Å²) in [5.74, 6) is 1.33. The van der Waals surface area contributed by atoms with Crippen molar-refractivity contribution in [2.24, 2.45) is 0 Å². The van der Waals surface area contributed by atoms with E-state index in [4.69, 9.17) is 10.5 Å². The second-order valence-electron chi connectivity index (χ2n) is 2.75. The molecule has 0 fully saturated rings. The summed E-state index contributed by atoms with van der Waals surface area (Å²) >= 11 is 0. The molecule has 0 atom stereocenters. The number of aromatic nitrogens is 2. The van der Waals surface area contributed by atoms with Crippen LogP contribution in [-0.4, -0.2) is 9.97 Å². The lowest BCUT2D eigenvalue weighted by atomic mass is 10.3. The van der Waals surface area contributed by atoms with E-state index in [0.29, 0.717) is 17.2 Å². The Morgan fingerprint density at radius 1 is 0.929 bits per heavy atom. The smallest absolute Gasteiger partial charge is 0.163 e. The van der Waals surface area contributed by atoms with Crippen LogP contribution < -0.4 is 10.5 Å². The van der Waals surface area contributed by atoms with Crippen molar-refractivity contribution in [3.05, 3.63) is 43.0 Å². The van der Waals surface area contributed by atoms with Crippen molar-refractivity contribution in [2.45, 2.75) is 0 Å². The molecule has 0 unspecified atom stereocenters. The number of ether oxygens (including phenoxy) is 1. The molecule has 2 aromatic rings. The van der Waals surface area contributed by atoms with Crippen LogP contribution in [0, 0.1) is 0 Å². The third-order valence-corrected chi connectivity index (χ3v) is 1.65. The van der Waals surface area contributed by atoms with Crippen LogP contribution >= 0.6 is 0 Å². The quantitative estimate of drug-likeness (QED) is 0.729. The maximum Gasteiger partial charge on any atom is 0.163 e. The number of hydrogen-bond donors (Lipinski definition) is 1. The van der Waals surface area contributed by atoms with E-state index in [0.717, 1.165) is 0 Å². The Morgan fingerprint density at radius 2 is 1.57 bits per heavy atom. The van der Waals surface area contributed by atoms with Crippen LogP contribution in [0.25, 0.3) is 0 Å². The number of nitrogen functional groups attached to an aromatic ring is 1. The summed E-state index contributed by atoms with van der Waals surface area (Å²) in [6.45, 7) is 0. The fourth-order valence-electron chi connectivity index (χ4n) is 1.01. The average Bonchev–Trinajstić information content (AvgIpc) is 2.23. The minimum atomic E-state index is 0.609. The Bertz CT molecular complexity index is 399. The highest BCUT2D eigenvalue weighted by molar-refractivity contribution is 5.42. The van der Waals surface area contributed by atoms with Gasteiger partial charge < -0.3 is 10.5 Å². The number of benzene rings is 1. The molecule has 0 spiro atoms. The van der Waals surface area contributed by atoms with E-state index in [2.05, 4.69) is 9.97 Å². The molecular weight excluding hydrogens is 178 g/mol. The van der Waals surface area contributed by atoms with E-state index >= 15 is 0 Å². The van der Waals surface area contributed by atoms with E-state index in [-0.39, 0.29) is 0 Å². The molecule has 0 aliphatic carbocycles. The Morgan fingerprint density at radius 3 is 2.21 bits per heavy atom. The van der Waals surface area contributed by atoms with Crippen molar-refractivity contribution in [3.63, 3.8) is 0 Å². The SMILES string of the molecule is Nc1ccc(Oc2cncnc2)cc1. The molecule has 0 saturated carbocycles. The molecule has 4 nitrogen and oxygen atoms in total. The van der Waals surface area contributed by atoms with E-state index in [1.165, 1.54) is 6.33 Å². The predicted molar refractivity (Wildman–Crippen MR) is 53.0 cm³/mol. The predicted octanol–water partition coefficient (Wildman–Crippen LogP) is 1.85. The Hall–Kier alpha value is -2.10. The normalized spacial score (nSPS) is 9.71. The van der Waals surface area contributed by atoms with Gasteiger partial charge in [0.15, 0.2) is 5.75 Å². The molecule has 0 radical (unpaired) electrons. The number of hydrogen-bond acceptors (Lipinski definition) is 4. The van der Waals surface area contributed by atoms with E-state index in [1.54, 1.807) is 36.7 Å². The fraction of sp³-hybridized carbons (Fsp3) is 0. The first-order valence-corrected chi connectivity index (χ1v) is 4.13. The van der Waals surface area contributed by atoms with Gasteiger partial charge in [-0.05, 0) is 24.3 Å². The van der Waals surface area contributed by atoms with Gasteiger partial charge in [-0.1, -0.05) is 0 Å². The van der Waals surface area contributed by atoms with Gasteiger partial charge in [0.1, 0.15) is 12.1 Å². The maximum absolute atomic E-state index is 5.54. The zero-order valence-corrected chi connectivity index (χ0v) is 7.42. The summed E-state index contributed by atoms with van der Waals surface area (Å²) in [5, 5.41) is 0. The summed E-state index contributed by atoms with van der Waals surface area (Å²) in [7, 11) is 0. The van der Waals surface area contributed by atoms with Gasteiger partial charge in [-0.25, -0.2) is 9.97 Å². The number of nitrogens with two attached hydrogens (primary N) is 1.